The average Bonchev–Trinajstić information content (AvgIpc) is 3.00. The maximum absolute atomic E-state index is 13.5. The van der Waals surface area contributed by atoms with E-state index in [0.717, 1.165) is 16.8 Å². The van der Waals surface area contributed by atoms with Gasteiger partial charge in [-0.15, -0.1) is 0 Å². The topological polar surface area (TPSA) is 51.2 Å². The molecule has 0 saturated carbocycles. The summed E-state index contributed by atoms with van der Waals surface area (Å²) in [5.74, 6) is -0.0406. The molecular weight excluding hydrogens is 314 g/mol. The molecule has 1 aromatic carbocycles. The van der Waals surface area contributed by atoms with Gasteiger partial charge in [0.2, 0.25) is 6.41 Å². The highest BCUT2D eigenvalue weighted by atomic mass is 19.1. The number of aromatic nitrogens is 1. The molecule has 0 saturated heterocycles. The lowest BCUT2D eigenvalue weighted by atomic mass is 9.98. The van der Waals surface area contributed by atoms with E-state index in [1.54, 1.807) is 19.1 Å². The lowest BCUT2D eigenvalue weighted by Gasteiger charge is -2.12. The van der Waals surface area contributed by atoms with Gasteiger partial charge in [-0.2, -0.15) is 0 Å². The number of halogens is 2. The zero-order valence-corrected chi connectivity index (χ0v) is 13.3. The number of amides is 1. The van der Waals surface area contributed by atoms with E-state index in [-0.39, 0.29) is 18.3 Å². The van der Waals surface area contributed by atoms with Gasteiger partial charge in [-0.05, 0) is 36.8 Å². The third-order valence-corrected chi connectivity index (χ3v) is 4.15. The van der Waals surface area contributed by atoms with Crippen LogP contribution in [-0.2, 0) is 11.2 Å². The Morgan fingerprint density at radius 3 is 2.96 bits per heavy atom. The SMILES string of the molecule is Cc1cc(-c2nc(CCNC=O)cc3c2OCC3CF)ccc1F. The second-order valence-corrected chi connectivity index (χ2v) is 5.83. The lowest BCUT2D eigenvalue weighted by molar-refractivity contribution is -0.109. The molecule has 0 aliphatic carbocycles. The number of benzene rings is 1. The predicted octanol–water partition coefficient (Wildman–Crippen LogP) is 2.93. The van der Waals surface area contributed by atoms with Crippen LogP contribution in [0.1, 0.15) is 22.7 Å². The van der Waals surface area contributed by atoms with Gasteiger partial charge in [0.1, 0.15) is 17.3 Å². The third-order valence-electron chi connectivity index (χ3n) is 4.15. The van der Waals surface area contributed by atoms with Crippen molar-refractivity contribution >= 4 is 6.41 Å². The summed E-state index contributed by atoms with van der Waals surface area (Å²) in [4.78, 5) is 15.0. The summed E-state index contributed by atoms with van der Waals surface area (Å²) >= 11 is 0. The van der Waals surface area contributed by atoms with Crippen LogP contribution in [0.5, 0.6) is 5.75 Å². The Labute approximate surface area is 138 Å². The van der Waals surface area contributed by atoms with Gasteiger partial charge in [-0.1, -0.05) is 0 Å². The number of nitrogens with zero attached hydrogens (tertiary/aromatic N) is 1. The molecule has 2 aromatic rings. The van der Waals surface area contributed by atoms with Crippen molar-refractivity contribution in [2.75, 3.05) is 19.8 Å². The van der Waals surface area contributed by atoms with Gasteiger partial charge < -0.3 is 10.1 Å². The first kappa shape index (κ1) is 16.4. The Bertz CT molecular complexity index is 765. The number of rotatable bonds is 6. The monoisotopic (exact) mass is 332 g/mol. The van der Waals surface area contributed by atoms with E-state index in [1.807, 2.05) is 6.07 Å². The summed E-state index contributed by atoms with van der Waals surface area (Å²) in [6.45, 7) is 1.89. The minimum absolute atomic E-state index is 0.275. The number of carbonyl (C=O) groups is 1. The highest BCUT2D eigenvalue weighted by Gasteiger charge is 2.29. The first-order chi connectivity index (χ1) is 11.6. The van der Waals surface area contributed by atoms with Crippen molar-refractivity contribution in [2.45, 2.75) is 19.3 Å². The van der Waals surface area contributed by atoms with Crippen LogP contribution in [0.4, 0.5) is 8.78 Å². The fourth-order valence-electron chi connectivity index (χ4n) is 2.84. The highest BCUT2D eigenvalue weighted by molar-refractivity contribution is 5.70. The zero-order valence-electron chi connectivity index (χ0n) is 13.3. The van der Waals surface area contributed by atoms with E-state index in [2.05, 4.69) is 10.3 Å². The number of nitrogens with one attached hydrogen (secondary N) is 1. The van der Waals surface area contributed by atoms with Crippen LogP contribution in [-0.4, -0.2) is 31.2 Å². The number of hydrogen-bond donors (Lipinski definition) is 1. The van der Waals surface area contributed by atoms with Gasteiger partial charge in [-0.25, -0.2) is 9.37 Å². The average molecular weight is 332 g/mol. The number of aryl methyl sites for hydroxylation is 1. The fraction of sp³-hybridized carbons (Fsp3) is 0.333. The molecule has 0 radical (unpaired) electrons. The van der Waals surface area contributed by atoms with Crippen LogP contribution in [0.3, 0.4) is 0 Å². The van der Waals surface area contributed by atoms with Crippen molar-refractivity contribution in [3.63, 3.8) is 0 Å². The number of ether oxygens (including phenoxy) is 1. The number of carbonyl (C=O) groups excluding carboxylic acids is 1. The Morgan fingerprint density at radius 1 is 1.42 bits per heavy atom. The first-order valence-corrected chi connectivity index (χ1v) is 7.80. The molecule has 2 heterocycles. The Kier molecular flexibility index (Phi) is 4.74. The van der Waals surface area contributed by atoms with Gasteiger partial charge in [-0.3, -0.25) is 9.18 Å². The molecule has 1 aromatic heterocycles. The summed E-state index contributed by atoms with van der Waals surface area (Å²) in [6.07, 6.45) is 1.16. The van der Waals surface area contributed by atoms with E-state index in [0.29, 0.717) is 36.4 Å². The van der Waals surface area contributed by atoms with Crippen molar-refractivity contribution in [1.82, 2.24) is 10.3 Å². The molecule has 4 nitrogen and oxygen atoms in total. The standard InChI is InChI=1S/C18H18F2N2O2/c1-11-6-12(2-3-16(11)20)17-18-15(13(8-19)9-24-18)7-14(22-17)4-5-21-10-23/h2-3,6-7,10,13H,4-5,8-9H2,1H3,(H,21,23). The van der Waals surface area contributed by atoms with Gasteiger partial charge >= 0.3 is 0 Å². The van der Waals surface area contributed by atoms with Crippen LogP contribution in [0.25, 0.3) is 11.3 Å². The zero-order chi connectivity index (χ0) is 17.1. The smallest absolute Gasteiger partial charge is 0.207 e. The molecule has 1 atom stereocenters. The lowest BCUT2D eigenvalue weighted by Crippen LogP contribution is -2.15. The van der Waals surface area contributed by atoms with E-state index in [9.17, 15) is 13.6 Å². The molecule has 1 aliphatic rings. The molecule has 3 rings (SSSR count). The normalized spacial score (nSPS) is 15.7. The molecular formula is C18H18F2N2O2. The van der Waals surface area contributed by atoms with Gasteiger partial charge in [0.05, 0.1) is 19.2 Å². The summed E-state index contributed by atoms with van der Waals surface area (Å²) in [7, 11) is 0. The highest BCUT2D eigenvalue weighted by Crippen LogP contribution is 2.41. The number of alkyl halides is 1. The largest absolute Gasteiger partial charge is 0.490 e. The van der Waals surface area contributed by atoms with Gasteiger partial charge in [0, 0.05) is 29.8 Å². The summed E-state index contributed by atoms with van der Waals surface area (Å²) in [6, 6.07) is 6.57. The maximum atomic E-state index is 13.5. The first-order valence-electron chi connectivity index (χ1n) is 7.80. The van der Waals surface area contributed by atoms with Crippen molar-refractivity contribution in [2.24, 2.45) is 0 Å². The molecule has 1 N–H and O–H groups in total. The molecule has 126 valence electrons. The van der Waals surface area contributed by atoms with Gasteiger partial charge in [0.15, 0.2) is 0 Å². The molecule has 6 heteroatoms. The molecule has 0 bridgehead atoms. The number of pyridine rings is 1. The van der Waals surface area contributed by atoms with E-state index in [4.69, 9.17) is 4.74 Å². The van der Waals surface area contributed by atoms with Crippen LogP contribution >= 0.6 is 0 Å². The van der Waals surface area contributed by atoms with Crippen LogP contribution in [0, 0.1) is 12.7 Å². The summed E-state index contributed by atoms with van der Waals surface area (Å²) in [5.41, 5.74) is 3.35. The van der Waals surface area contributed by atoms with Crippen molar-refractivity contribution in [3.05, 3.63) is 46.9 Å². The van der Waals surface area contributed by atoms with Crippen LogP contribution < -0.4 is 10.1 Å². The molecule has 0 fully saturated rings. The third kappa shape index (κ3) is 3.09. The summed E-state index contributed by atoms with van der Waals surface area (Å²) in [5, 5.41) is 2.59. The van der Waals surface area contributed by atoms with Crippen molar-refractivity contribution < 1.29 is 18.3 Å². The molecule has 0 spiro atoms. The van der Waals surface area contributed by atoms with Crippen molar-refractivity contribution in [3.8, 4) is 17.0 Å². The fourth-order valence-corrected chi connectivity index (χ4v) is 2.84. The molecule has 1 amide bonds. The van der Waals surface area contributed by atoms with Crippen LogP contribution in [0.15, 0.2) is 24.3 Å². The van der Waals surface area contributed by atoms with E-state index >= 15 is 0 Å². The van der Waals surface area contributed by atoms with E-state index in [1.165, 1.54) is 6.07 Å². The number of fused-ring (bicyclic) bond motifs is 1. The Balaban J connectivity index is 2.06. The summed E-state index contributed by atoms with van der Waals surface area (Å²) < 4.78 is 32.5. The molecule has 24 heavy (non-hydrogen) atoms. The van der Waals surface area contributed by atoms with Crippen molar-refractivity contribution in [1.29, 1.82) is 0 Å². The number of hydrogen-bond acceptors (Lipinski definition) is 3. The van der Waals surface area contributed by atoms with Crippen LogP contribution in [0.2, 0.25) is 0 Å². The minimum atomic E-state index is -0.509. The molecule has 1 aliphatic heterocycles. The Morgan fingerprint density at radius 2 is 2.25 bits per heavy atom. The Hall–Kier alpha value is -2.50. The minimum Gasteiger partial charge on any atom is -0.490 e. The maximum Gasteiger partial charge on any atom is 0.207 e. The van der Waals surface area contributed by atoms with Gasteiger partial charge in [0.25, 0.3) is 0 Å². The molecule has 1 unspecified atom stereocenters. The van der Waals surface area contributed by atoms with E-state index < -0.39 is 6.67 Å². The second kappa shape index (κ2) is 6.95. The second-order valence-electron chi connectivity index (χ2n) is 5.83. The quantitative estimate of drug-likeness (QED) is 0.654. The predicted molar refractivity (Wildman–Crippen MR) is 86.3 cm³/mol.